The summed E-state index contributed by atoms with van der Waals surface area (Å²) in [5, 5.41) is 6.11. The Balaban J connectivity index is 1.82. The van der Waals surface area contributed by atoms with Crippen molar-refractivity contribution in [2.24, 2.45) is 0 Å². The molecular weight excluding hydrogens is 294 g/mol. The summed E-state index contributed by atoms with van der Waals surface area (Å²) in [7, 11) is 0. The van der Waals surface area contributed by atoms with Crippen LogP contribution in [0.25, 0.3) is 11.3 Å². The van der Waals surface area contributed by atoms with E-state index in [1.165, 1.54) is 24.5 Å². The first-order valence-corrected chi connectivity index (χ1v) is 6.13. The van der Waals surface area contributed by atoms with E-state index in [4.69, 9.17) is 4.74 Å². The van der Waals surface area contributed by atoms with E-state index in [1.807, 2.05) is 0 Å². The maximum absolute atomic E-state index is 13.5. The van der Waals surface area contributed by atoms with Crippen LogP contribution in [0, 0.1) is 11.6 Å². The number of hydrogen-bond acceptors (Lipinski definition) is 5. The van der Waals surface area contributed by atoms with E-state index in [0.29, 0.717) is 17.3 Å². The molecule has 0 saturated carbocycles. The number of nitrogens with zero attached hydrogens (tertiary/aromatic N) is 3. The number of rotatable bonds is 3. The second-order valence-corrected chi connectivity index (χ2v) is 4.24. The molecule has 110 valence electrons. The summed E-state index contributed by atoms with van der Waals surface area (Å²) in [5.74, 6) is -1.74. The number of aromatic amines is 1. The van der Waals surface area contributed by atoms with Crippen molar-refractivity contribution < 1.29 is 13.5 Å². The smallest absolute Gasteiger partial charge is 0.322 e. The summed E-state index contributed by atoms with van der Waals surface area (Å²) in [6, 6.07) is 5.65. The van der Waals surface area contributed by atoms with Crippen molar-refractivity contribution in [2.45, 2.75) is 0 Å². The Hall–Kier alpha value is -3.16. The van der Waals surface area contributed by atoms with Gasteiger partial charge in [0.15, 0.2) is 11.6 Å². The average Bonchev–Trinajstić information content (AvgIpc) is 2.52. The molecule has 0 unspecified atom stereocenters. The molecule has 22 heavy (non-hydrogen) atoms. The number of halogens is 2. The topological polar surface area (TPSA) is 80.8 Å². The Labute approximate surface area is 122 Å². The number of hydrogen-bond donors (Lipinski definition) is 1. The highest BCUT2D eigenvalue weighted by atomic mass is 19.1. The lowest BCUT2D eigenvalue weighted by Crippen LogP contribution is -2.05. The van der Waals surface area contributed by atoms with Gasteiger partial charge in [-0.1, -0.05) is 0 Å². The van der Waals surface area contributed by atoms with Gasteiger partial charge in [0.25, 0.3) is 5.56 Å². The molecule has 0 amide bonds. The third-order valence-electron chi connectivity index (χ3n) is 2.70. The summed E-state index contributed by atoms with van der Waals surface area (Å²) in [4.78, 5) is 18.8. The molecule has 2 heterocycles. The summed E-state index contributed by atoms with van der Waals surface area (Å²) < 4.78 is 31.4. The zero-order chi connectivity index (χ0) is 15.5. The Morgan fingerprint density at radius 3 is 2.45 bits per heavy atom. The number of nitrogens with one attached hydrogen (secondary N) is 1. The van der Waals surface area contributed by atoms with Gasteiger partial charge >= 0.3 is 6.01 Å². The molecule has 0 saturated heterocycles. The third kappa shape index (κ3) is 2.95. The van der Waals surface area contributed by atoms with Crippen LogP contribution in [0.1, 0.15) is 0 Å². The summed E-state index contributed by atoms with van der Waals surface area (Å²) in [6.07, 6.45) is 2.81. The lowest BCUT2D eigenvalue weighted by atomic mass is 10.2. The monoisotopic (exact) mass is 302 g/mol. The minimum absolute atomic E-state index is 0.0984. The Morgan fingerprint density at radius 2 is 1.82 bits per heavy atom. The maximum Gasteiger partial charge on any atom is 0.322 e. The molecule has 6 nitrogen and oxygen atoms in total. The molecule has 3 rings (SSSR count). The Bertz CT molecular complexity index is 845. The lowest BCUT2D eigenvalue weighted by molar-refractivity contribution is 0.408. The van der Waals surface area contributed by atoms with Crippen molar-refractivity contribution in [3.8, 4) is 23.0 Å². The Kier molecular flexibility index (Phi) is 3.57. The molecule has 8 heteroatoms. The first kappa shape index (κ1) is 13.8. The van der Waals surface area contributed by atoms with Crippen LogP contribution in [0.15, 0.2) is 47.5 Å². The number of aromatic nitrogens is 4. The third-order valence-corrected chi connectivity index (χ3v) is 2.70. The molecule has 0 spiro atoms. The van der Waals surface area contributed by atoms with Crippen LogP contribution < -0.4 is 10.3 Å². The Morgan fingerprint density at radius 1 is 1.05 bits per heavy atom. The summed E-state index contributed by atoms with van der Waals surface area (Å²) in [5.41, 5.74) is 0.693. The molecule has 3 aromatic rings. The molecule has 1 aromatic carbocycles. The zero-order valence-electron chi connectivity index (χ0n) is 11.0. The first-order chi connectivity index (χ1) is 10.6. The molecule has 0 atom stereocenters. The minimum atomic E-state index is -0.852. The predicted molar refractivity (Wildman–Crippen MR) is 72.3 cm³/mol. The lowest BCUT2D eigenvalue weighted by Gasteiger charge is -2.05. The minimum Gasteiger partial charge on any atom is -0.421 e. The van der Waals surface area contributed by atoms with Crippen LogP contribution in [-0.2, 0) is 0 Å². The van der Waals surface area contributed by atoms with Crippen molar-refractivity contribution in [1.29, 1.82) is 0 Å². The fourth-order valence-electron chi connectivity index (χ4n) is 1.66. The van der Waals surface area contributed by atoms with Crippen LogP contribution in [0.4, 0.5) is 8.78 Å². The highest BCUT2D eigenvalue weighted by Gasteiger charge is 2.08. The van der Waals surface area contributed by atoms with Gasteiger partial charge < -0.3 is 4.74 Å². The standard InChI is InChI=1S/C14H8F2N4O2/c15-9-1-3-12(10(16)5-9)22-14-17-6-8(7-18-14)11-2-4-13(21)20-19-11/h1-7H,(H,20,21). The van der Waals surface area contributed by atoms with Gasteiger partial charge in [-0.2, -0.15) is 5.10 Å². The van der Waals surface area contributed by atoms with Gasteiger partial charge in [0.2, 0.25) is 0 Å². The molecular formula is C14H8F2N4O2. The van der Waals surface area contributed by atoms with Crippen LogP contribution in [0.5, 0.6) is 11.8 Å². The molecule has 0 aliphatic heterocycles. The van der Waals surface area contributed by atoms with Crippen molar-refractivity contribution >= 4 is 0 Å². The quantitative estimate of drug-likeness (QED) is 0.803. The molecule has 0 radical (unpaired) electrons. The van der Waals surface area contributed by atoms with E-state index in [9.17, 15) is 13.6 Å². The number of ether oxygens (including phenoxy) is 1. The van der Waals surface area contributed by atoms with Crippen molar-refractivity contribution in [3.05, 3.63) is 64.7 Å². The van der Waals surface area contributed by atoms with E-state index < -0.39 is 11.6 Å². The van der Waals surface area contributed by atoms with Gasteiger partial charge in [-0.25, -0.2) is 23.8 Å². The van der Waals surface area contributed by atoms with E-state index in [-0.39, 0.29) is 17.3 Å². The highest BCUT2D eigenvalue weighted by molar-refractivity contribution is 5.55. The van der Waals surface area contributed by atoms with Gasteiger partial charge in [0.1, 0.15) is 5.82 Å². The van der Waals surface area contributed by atoms with Gasteiger partial charge in [0.05, 0.1) is 5.69 Å². The fourth-order valence-corrected chi connectivity index (χ4v) is 1.66. The van der Waals surface area contributed by atoms with Gasteiger partial charge in [0, 0.05) is 30.1 Å². The van der Waals surface area contributed by atoms with Crippen molar-refractivity contribution in [2.75, 3.05) is 0 Å². The molecule has 0 aliphatic rings. The summed E-state index contributed by atoms with van der Waals surface area (Å²) >= 11 is 0. The van der Waals surface area contributed by atoms with Gasteiger partial charge in [-0.3, -0.25) is 4.79 Å². The average molecular weight is 302 g/mol. The number of H-pyrrole nitrogens is 1. The fraction of sp³-hybridized carbons (Fsp3) is 0. The van der Waals surface area contributed by atoms with E-state index >= 15 is 0 Å². The zero-order valence-corrected chi connectivity index (χ0v) is 11.0. The van der Waals surface area contributed by atoms with Crippen molar-refractivity contribution in [3.63, 3.8) is 0 Å². The normalized spacial score (nSPS) is 10.5. The van der Waals surface area contributed by atoms with Crippen LogP contribution >= 0.6 is 0 Å². The summed E-state index contributed by atoms with van der Waals surface area (Å²) in [6.45, 7) is 0. The highest BCUT2D eigenvalue weighted by Crippen LogP contribution is 2.23. The largest absolute Gasteiger partial charge is 0.421 e. The molecule has 0 fully saturated rings. The van der Waals surface area contributed by atoms with Crippen LogP contribution in [-0.4, -0.2) is 20.2 Å². The molecule has 2 aromatic heterocycles. The van der Waals surface area contributed by atoms with E-state index in [0.717, 1.165) is 12.1 Å². The molecule has 0 aliphatic carbocycles. The predicted octanol–water partition coefficient (Wildman–Crippen LogP) is 2.30. The van der Waals surface area contributed by atoms with E-state index in [2.05, 4.69) is 20.2 Å². The van der Waals surface area contributed by atoms with Crippen LogP contribution in [0.3, 0.4) is 0 Å². The van der Waals surface area contributed by atoms with Crippen molar-refractivity contribution in [1.82, 2.24) is 20.2 Å². The van der Waals surface area contributed by atoms with Crippen LogP contribution in [0.2, 0.25) is 0 Å². The van der Waals surface area contributed by atoms with Gasteiger partial charge in [-0.15, -0.1) is 0 Å². The SMILES string of the molecule is O=c1ccc(-c2cnc(Oc3ccc(F)cc3F)nc2)n[nH]1. The maximum atomic E-state index is 13.5. The van der Waals surface area contributed by atoms with Gasteiger partial charge in [-0.05, 0) is 18.2 Å². The first-order valence-electron chi connectivity index (χ1n) is 6.13. The molecule has 1 N–H and O–H groups in total. The number of benzene rings is 1. The second kappa shape index (κ2) is 5.68. The second-order valence-electron chi connectivity index (χ2n) is 4.24. The van der Waals surface area contributed by atoms with E-state index in [1.54, 1.807) is 0 Å². The molecule has 0 bridgehead atoms.